The number of carbonyl (C=O) groups is 4. The van der Waals surface area contributed by atoms with E-state index in [0.717, 1.165) is 30.9 Å². The lowest BCUT2D eigenvalue weighted by atomic mass is 9.71. The Balaban J connectivity index is 1.52. The van der Waals surface area contributed by atoms with Crippen molar-refractivity contribution >= 4 is 23.8 Å². The van der Waals surface area contributed by atoms with Crippen molar-refractivity contribution in [3.63, 3.8) is 0 Å². The number of unbranched alkanes of at least 4 members (excludes halogenated alkanes) is 2. The standard InChI is InChI=1S/C39H46F3N5O9/c1-8-9-10-11-28(49)56-36-29-22(12-18(2)32(36)52-7)13-24-26(15-43)47-25(31(29)46(24)6)14-23-30(35-34(53-17-54-35)19(3)33(23)55-21(5)48)27(47)16-44-37(50)20(4)45-38(51)39(40,41)42/h12,20,24-27,31H,8-11,13-14,16-17H2,1-7H3,(H,44,50)(H,45,51)/t20-,24-,25?,26-,27-,31-/m0/s1. The summed E-state index contributed by atoms with van der Waals surface area (Å²) in [5.41, 5.74) is 3.84. The number of nitrogens with zero attached hydrogens (tertiary/aromatic N) is 3. The number of methoxy groups -OCH3 is 1. The van der Waals surface area contributed by atoms with Gasteiger partial charge in [0.2, 0.25) is 12.7 Å². The van der Waals surface area contributed by atoms with Gasteiger partial charge < -0.3 is 34.3 Å². The van der Waals surface area contributed by atoms with Crippen LogP contribution in [0.3, 0.4) is 0 Å². The first-order valence-corrected chi connectivity index (χ1v) is 18.6. The number of ether oxygens (including phenoxy) is 5. The number of nitrogens with one attached hydrogen (secondary N) is 2. The van der Waals surface area contributed by atoms with Crippen LogP contribution in [0.4, 0.5) is 13.2 Å². The molecule has 0 saturated carbocycles. The first-order chi connectivity index (χ1) is 26.5. The number of carbonyl (C=O) groups excluding carboxylic acids is 4. The van der Waals surface area contributed by atoms with Gasteiger partial charge in [0.1, 0.15) is 17.8 Å². The van der Waals surface area contributed by atoms with E-state index in [9.17, 15) is 37.6 Å². The van der Waals surface area contributed by atoms with Crippen LogP contribution in [0.15, 0.2) is 6.07 Å². The van der Waals surface area contributed by atoms with Crippen molar-refractivity contribution in [2.24, 2.45) is 0 Å². The fourth-order valence-electron chi connectivity index (χ4n) is 8.77. The van der Waals surface area contributed by atoms with Gasteiger partial charge in [-0.2, -0.15) is 18.4 Å². The van der Waals surface area contributed by atoms with E-state index in [2.05, 4.69) is 16.3 Å². The second-order valence-electron chi connectivity index (χ2n) is 14.7. The van der Waals surface area contributed by atoms with Crippen molar-refractivity contribution < 1.29 is 56.0 Å². The van der Waals surface area contributed by atoms with Gasteiger partial charge in [-0.05, 0) is 58.2 Å². The van der Waals surface area contributed by atoms with E-state index in [1.165, 1.54) is 14.0 Å². The Bertz CT molecular complexity index is 1980. The molecule has 6 atom stereocenters. The average Bonchev–Trinajstić information content (AvgIpc) is 3.62. The van der Waals surface area contributed by atoms with Crippen molar-refractivity contribution in [1.29, 1.82) is 5.26 Å². The van der Waals surface area contributed by atoms with E-state index in [4.69, 9.17) is 23.7 Å². The molecule has 2 aromatic rings. The normalized spacial score (nSPS) is 22.8. The molecule has 0 spiro atoms. The summed E-state index contributed by atoms with van der Waals surface area (Å²) >= 11 is 0. The minimum Gasteiger partial charge on any atom is -0.493 e. The van der Waals surface area contributed by atoms with Gasteiger partial charge in [0.15, 0.2) is 23.0 Å². The van der Waals surface area contributed by atoms with Crippen molar-refractivity contribution in [2.45, 2.75) is 116 Å². The predicted molar refractivity (Wildman–Crippen MR) is 192 cm³/mol. The Morgan fingerprint density at radius 3 is 2.39 bits per heavy atom. The molecule has 14 nitrogen and oxygen atoms in total. The monoisotopic (exact) mass is 785 g/mol. The maximum atomic E-state index is 13.4. The highest BCUT2D eigenvalue weighted by Crippen LogP contribution is 2.58. The molecule has 6 rings (SSSR count). The molecule has 2 N–H and O–H groups in total. The highest BCUT2D eigenvalue weighted by Gasteiger charge is 2.57. The van der Waals surface area contributed by atoms with Crippen molar-refractivity contribution in [2.75, 3.05) is 27.5 Å². The van der Waals surface area contributed by atoms with Crippen LogP contribution in [-0.2, 0) is 32.0 Å². The molecule has 4 heterocycles. The third kappa shape index (κ3) is 7.20. The SMILES string of the molecule is CCCCCC(=O)Oc1c(OC)c(C)cc2c1[C@@H]1C3Cc4c(OC(C)=O)c(C)c5c(c4[C@H](CNC(=O)[C@H](C)NC(=O)C(F)(F)F)N3[C@@H](C#N)[C@H](C2)N1C)OCO5. The molecule has 4 aliphatic heterocycles. The first kappa shape index (κ1) is 40.6. The molecule has 0 aliphatic carbocycles. The maximum absolute atomic E-state index is 13.4. The highest BCUT2D eigenvalue weighted by atomic mass is 19.4. The largest absolute Gasteiger partial charge is 0.493 e. The lowest BCUT2D eigenvalue weighted by Gasteiger charge is -2.60. The summed E-state index contributed by atoms with van der Waals surface area (Å²) in [5.74, 6) is -2.67. The predicted octanol–water partition coefficient (Wildman–Crippen LogP) is 4.41. The molecule has 2 aromatic carbocycles. The number of nitriles is 1. The van der Waals surface area contributed by atoms with Gasteiger partial charge in [-0.1, -0.05) is 25.8 Å². The number of benzene rings is 2. The van der Waals surface area contributed by atoms with Gasteiger partial charge in [-0.15, -0.1) is 0 Å². The van der Waals surface area contributed by atoms with Gasteiger partial charge >= 0.3 is 24.0 Å². The number of likely N-dealkylation sites (N-methyl/N-ethyl adjacent to an activating group) is 1. The van der Waals surface area contributed by atoms with E-state index in [1.807, 2.05) is 31.9 Å². The van der Waals surface area contributed by atoms with Gasteiger partial charge in [0.05, 0.1) is 25.3 Å². The molecule has 0 aromatic heterocycles. The van der Waals surface area contributed by atoms with Crippen LogP contribution >= 0.6 is 0 Å². The Labute approximate surface area is 322 Å². The molecular formula is C39H46F3N5O9. The van der Waals surface area contributed by atoms with Crippen LogP contribution in [0, 0.1) is 25.2 Å². The second kappa shape index (κ2) is 15.8. The average molecular weight is 786 g/mol. The molecule has 4 aliphatic rings. The fourth-order valence-corrected chi connectivity index (χ4v) is 8.77. The smallest absolute Gasteiger partial charge is 0.471 e. The number of amides is 2. The second-order valence-corrected chi connectivity index (χ2v) is 14.7. The quantitative estimate of drug-likeness (QED) is 0.187. The first-order valence-electron chi connectivity index (χ1n) is 18.6. The highest BCUT2D eigenvalue weighted by molar-refractivity contribution is 5.89. The zero-order valence-electron chi connectivity index (χ0n) is 32.3. The Morgan fingerprint density at radius 2 is 1.75 bits per heavy atom. The fraction of sp³-hybridized carbons (Fsp3) is 0.564. The molecular weight excluding hydrogens is 739 g/mol. The zero-order valence-corrected chi connectivity index (χ0v) is 32.3. The van der Waals surface area contributed by atoms with E-state index >= 15 is 0 Å². The minimum atomic E-state index is -5.20. The van der Waals surface area contributed by atoms with Crippen LogP contribution in [0.1, 0.15) is 91.9 Å². The van der Waals surface area contributed by atoms with Crippen LogP contribution in [0.25, 0.3) is 0 Å². The summed E-state index contributed by atoms with van der Waals surface area (Å²) in [5, 5.41) is 15.3. The third-order valence-electron chi connectivity index (χ3n) is 11.2. The molecule has 0 radical (unpaired) electrons. The van der Waals surface area contributed by atoms with E-state index in [1.54, 1.807) is 12.2 Å². The summed E-state index contributed by atoms with van der Waals surface area (Å²) < 4.78 is 69.0. The summed E-state index contributed by atoms with van der Waals surface area (Å²) in [7, 11) is 3.40. The summed E-state index contributed by atoms with van der Waals surface area (Å²) in [6, 6.07) is -0.358. The number of esters is 2. The molecule has 1 saturated heterocycles. The number of piperazine rings is 1. The minimum absolute atomic E-state index is 0.162. The van der Waals surface area contributed by atoms with Gasteiger partial charge in [-0.25, -0.2) is 0 Å². The topological polar surface area (TPSA) is 169 Å². The van der Waals surface area contributed by atoms with Crippen molar-refractivity contribution in [3.8, 4) is 34.8 Å². The number of aryl methyl sites for hydroxylation is 1. The Morgan fingerprint density at radius 1 is 1.04 bits per heavy atom. The molecule has 1 unspecified atom stereocenters. The van der Waals surface area contributed by atoms with E-state index < -0.39 is 66.2 Å². The number of hydrogen-bond acceptors (Lipinski definition) is 12. The summed E-state index contributed by atoms with van der Waals surface area (Å²) in [6.45, 7) is 7.60. The number of fused-ring (bicyclic) bond motifs is 9. The lowest BCUT2D eigenvalue weighted by Crippen LogP contribution is -2.69. The maximum Gasteiger partial charge on any atom is 0.471 e. The molecule has 1 fully saturated rings. The van der Waals surface area contributed by atoms with Crippen LogP contribution < -0.4 is 34.3 Å². The molecule has 56 heavy (non-hydrogen) atoms. The molecule has 302 valence electrons. The van der Waals surface area contributed by atoms with Gasteiger partial charge in [0.25, 0.3) is 0 Å². The Hall–Kier alpha value is -5.08. The van der Waals surface area contributed by atoms with E-state index in [0.29, 0.717) is 52.3 Å². The van der Waals surface area contributed by atoms with Crippen LogP contribution in [0.5, 0.6) is 28.7 Å². The summed E-state index contributed by atoms with van der Waals surface area (Å²) in [4.78, 5) is 55.1. The zero-order chi connectivity index (χ0) is 40.8. The number of halogens is 3. The van der Waals surface area contributed by atoms with Crippen LogP contribution in [0.2, 0.25) is 0 Å². The summed E-state index contributed by atoms with van der Waals surface area (Å²) in [6.07, 6.45) is -2.01. The number of hydrogen-bond donors (Lipinski definition) is 2. The number of alkyl halides is 3. The molecule has 2 bridgehead atoms. The van der Waals surface area contributed by atoms with Crippen molar-refractivity contribution in [1.82, 2.24) is 20.4 Å². The molecule has 17 heteroatoms. The third-order valence-corrected chi connectivity index (χ3v) is 11.2. The van der Waals surface area contributed by atoms with E-state index in [-0.39, 0.29) is 37.7 Å². The van der Waals surface area contributed by atoms with Crippen molar-refractivity contribution in [3.05, 3.63) is 39.4 Å². The van der Waals surface area contributed by atoms with Gasteiger partial charge in [-0.3, -0.25) is 29.0 Å². The lowest BCUT2D eigenvalue weighted by molar-refractivity contribution is -0.174. The molecule has 2 amide bonds. The number of rotatable bonds is 11. The van der Waals surface area contributed by atoms with Crippen LogP contribution in [-0.4, -0.2) is 91.4 Å². The Kier molecular flexibility index (Phi) is 11.5. The van der Waals surface area contributed by atoms with Gasteiger partial charge in [0, 0.05) is 54.2 Å².